The number of hydrogen-bond acceptors (Lipinski definition) is 4. The van der Waals surface area contributed by atoms with Crippen LogP contribution in [-0.4, -0.2) is 31.1 Å². The molecule has 1 aliphatic heterocycles. The van der Waals surface area contributed by atoms with Gasteiger partial charge in [0, 0.05) is 4.47 Å². The standard InChI is InChI=1S/C14H17BrN2O3/c1-10-3-4-11(7-12(10)15)9-16-17-13(18)8-14(2)19-5-6-20-14/h3-4,7,9H,5-6,8H2,1-2H3,(H,17,18). The highest BCUT2D eigenvalue weighted by molar-refractivity contribution is 9.10. The Kier molecular flexibility index (Phi) is 4.91. The van der Waals surface area contributed by atoms with Crippen molar-refractivity contribution < 1.29 is 14.3 Å². The molecule has 0 radical (unpaired) electrons. The van der Waals surface area contributed by atoms with E-state index in [1.807, 2.05) is 25.1 Å². The van der Waals surface area contributed by atoms with E-state index >= 15 is 0 Å². The minimum absolute atomic E-state index is 0.127. The SMILES string of the molecule is Cc1ccc(C=NNC(=O)CC2(C)OCCO2)cc1Br. The highest BCUT2D eigenvalue weighted by Gasteiger charge is 2.33. The van der Waals surface area contributed by atoms with E-state index in [0.717, 1.165) is 15.6 Å². The molecule has 2 rings (SSSR count). The Morgan fingerprint density at radius 3 is 2.85 bits per heavy atom. The first-order chi connectivity index (χ1) is 9.48. The molecular formula is C14H17BrN2O3. The summed E-state index contributed by atoms with van der Waals surface area (Å²) in [5, 5.41) is 3.93. The minimum Gasteiger partial charge on any atom is -0.347 e. The fraction of sp³-hybridized carbons (Fsp3) is 0.429. The molecule has 1 N–H and O–H groups in total. The van der Waals surface area contributed by atoms with Crippen LogP contribution in [0.5, 0.6) is 0 Å². The Balaban J connectivity index is 1.86. The Morgan fingerprint density at radius 1 is 1.50 bits per heavy atom. The van der Waals surface area contributed by atoms with Gasteiger partial charge in [-0.05, 0) is 31.0 Å². The van der Waals surface area contributed by atoms with Gasteiger partial charge in [0.1, 0.15) is 0 Å². The molecule has 0 bridgehead atoms. The smallest absolute Gasteiger partial charge is 0.245 e. The molecule has 1 aromatic rings. The number of hydrogen-bond donors (Lipinski definition) is 1. The number of carbonyl (C=O) groups excluding carboxylic acids is 1. The zero-order valence-electron chi connectivity index (χ0n) is 11.5. The lowest BCUT2D eigenvalue weighted by Crippen LogP contribution is -2.33. The molecule has 1 fully saturated rings. The number of halogens is 1. The van der Waals surface area contributed by atoms with Crippen LogP contribution < -0.4 is 5.43 Å². The molecule has 5 nitrogen and oxygen atoms in total. The summed E-state index contributed by atoms with van der Waals surface area (Å²) in [4.78, 5) is 11.7. The van der Waals surface area contributed by atoms with Gasteiger partial charge >= 0.3 is 0 Å². The van der Waals surface area contributed by atoms with Crippen LogP contribution in [0, 0.1) is 6.92 Å². The summed E-state index contributed by atoms with van der Waals surface area (Å²) < 4.78 is 11.7. The third kappa shape index (κ3) is 4.13. The minimum atomic E-state index is -0.827. The Labute approximate surface area is 126 Å². The molecule has 20 heavy (non-hydrogen) atoms. The number of carbonyl (C=O) groups is 1. The van der Waals surface area contributed by atoms with Gasteiger partial charge < -0.3 is 9.47 Å². The highest BCUT2D eigenvalue weighted by atomic mass is 79.9. The maximum Gasteiger partial charge on any atom is 0.245 e. The summed E-state index contributed by atoms with van der Waals surface area (Å²) in [5.41, 5.74) is 4.53. The van der Waals surface area contributed by atoms with Crippen LogP contribution in [0.2, 0.25) is 0 Å². The van der Waals surface area contributed by atoms with Crippen LogP contribution in [0.1, 0.15) is 24.5 Å². The number of nitrogens with one attached hydrogen (secondary N) is 1. The zero-order chi connectivity index (χ0) is 14.6. The molecule has 1 aromatic carbocycles. The molecule has 108 valence electrons. The monoisotopic (exact) mass is 340 g/mol. The van der Waals surface area contributed by atoms with Crippen molar-refractivity contribution in [3.63, 3.8) is 0 Å². The van der Waals surface area contributed by atoms with E-state index in [9.17, 15) is 4.79 Å². The van der Waals surface area contributed by atoms with E-state index in [1.165, 1.54) is 0 Å². The quantitative estimate of drug-likeness (QED) is 0.676. The lowest BCUT2D eigenvalue weighted by Gasteiger charge is -2.20. The topological polar surface area (TPSA) is 59.9 Å². The van der Waals surface area contributed by atoms with Crippen LogP contribution in [0.15, 0.2) is 27.8 Å². The van der Waals surface area contributed by atoms with E-state index in [1.54, 1.807) is 13.1 Å². The van der Waals surface area contributed by atoms with Crippen molar-refractivity contribution >= 4 is 28.1 Å². The highest BCUT2D eigenvalue weighted by Crippen LogP contribution is 2.22. The van der Waals surface area contributed by atoms with Crippen molar-refractivity contribution in [1.82, 2.24) is 5.43 Å². The average molecular weight is 341 g/mol. The predicted octanol–water partition coefficient (Wildman–Crippen LogP) is 2.36. The molecule has 6 heteroatoms. The first-order valence-corrected chi connectivity index (χ1v) is 7.14. The van der Waals surface area contributed by atoms with E-state index in [0.29, 0.717) is 13.2 Å². The number of aryl methyl sites for hydroxylation is 1. The fourth-order valence-corrected chi connectivity index (χ4v) is 2.25. The Morgan fingerprint density at radius 2 is 2.20 bits per heavy atom. The second-order valence-corrected chi connectivity index (χ2v) is 5.66. The maximum atomic E-state index is 11.7. The molecule has 0 saturated carbocycles. The third-order valence-electron chi connectivity index (χ3n) is 2.98. The van der Waals surface area contributed by atoms with E-state index < -0.39 is 5.79 Å². The Bertz CT molecular complexity index is 525. The van der Waals surface area contributed by atoms with Crippen molar-refractivity contribution in [2.24, 2.45) is 5.10 Å². The van der Waals surface area contributed by atoms with E-state index in [2.05, 4.69) is 26.5 Å². The summed E-state index contributed by atoms with van der Waals surface area (Å²) in [5.74, 6) is -1.07. The molecule has 1 heterocycles. The molecule has 0 spiro atoms. The van der Waals surface area contributed by atoms with E-state index in [4.69, 9.17) is 9.47 Å². The van der Waals surface area contributed by atoms with Crippen molar-refractivity contribution in [2.75, 3.05) is 13.2 Å². The van der Waals surface area contributed by atoms with E-state index in [-0.39, 0.29) is 12.3 Å². The summed E-state index contributed by atoms with van der Waals surface area (Å²) in [6, 6.07) is 5.85. The lowest BCUT2D eigenvalue weighted by atomic mass is 10.2. The number of amides is 1. The van der Waals surface area contributed by atoms with Gasteiger partial charge in [-0.3, -0.25) is 4.79 Å². The van der Waals surface area contributed by atoms with Crippen LogP contribution in [0.3, 0.4) is 0 Å². The van der Waals surface area contributed by atoms with Gasteiger partial charge in [-0.2, -0.15) is 5.10 Å². The van der Waals surface area contributed by atoms with Crippen LogP contribution in [0.25, 0.3) is 0 Å². The largest absolute Gasteiger partial charge is 0.347 e. The van der Waals surface area contributed by atoms with Gasteiger partial charge in [0.25, 0.3) is 0 Å². The van der Waals surface area contributed by atoms with Gasteiger partial charge in [-0.25, -0.2) is 5.43 Å². The van der Waals surface area contributed by atoms with Crippen molar-refractivity contribution in [3.8, 4) is 0 Å². The second-order valence-electron chi connectivity index (χ2n) is 4.81. The average Bonchev–Trinajstić information content (AvgIpc) is 2.80. The van der Waals surface area contributed by atoms with Crippen molar-refractivity contribution in [1.29, 1.82) is 0 Å². The predicted molar refractivity (Wildman–Crippen MR) is 79.5 cm³/mol. The third-order valence-corrected chi connectivity index (χ3v) is 3.83. The first-order valence-electron chi connectivity index (χ1n) is 6.34. The first kappa shape index (κ1) is 15.2. The van der Waals surface area contributed by atoms with Crippen LogP contribution in [0.4, 0.5) is 0 Å². The Hall–Kier alpha value is -1.24. The second kappa shape index (κ2) is 6.47. The molecule has 0 atom stereocenters. The summed E-state index contributed by atoms with van der Waals surface area (Å²) in [7, 11) is 0. The molecule has 0 aliphatic carbocycles. The molecule has 0 aromatic heterocycles. The number of ether oxygens (including phenoxy) is 2. The normalized spacial score (nSPS) is 17.6. The van der Waals surface area contributed by atoms with Crippen LogP contribution in [-0.2, 0) is 14.3 Å². The van der Waals surface area contributed by atoms with Crippen molar-refractivity contribution in [3.05, 3.63) is 33.8 Å². The maximum absolute atomic E-state index is 11.7. The zero-order valence-corrected chi connectivity index (χ0v) is 13.1. The van der Waals surface area contributed by atoms with Gasteiger partial charge in [-0.15, -0.1) is 0 Å². The molecule has 1 amide bonds. The van der Waals surface area contributed by atoms with Gasteiger partial charge in [0.15, 0.2) is 5.79 Å². The van der Waals surface area contributed by atoms with Crippen LogP contribution >= 0.6 is 15.9 Å². The summed E-state index contributed by atoms with van der Waals surface area (Å²) in [6.45, 7) is 4.80. The summed E-state index contributed by atoms with van der Waals surface area (Å²) in [6.07, 6.45) is 1.72. The summed E-state index contributed by atoms with van der Waals surface area (Å²) >= 11 is 3.45. The lowest BCUT2D eigenvalue weighted by molar-refractivity contribution is -0.159. The van der Waals surface area contributed by atoms with Gasteiger partial charge in [-0.1, -0.05) is 28.1 Å². The number of hydrazone groups is 1. The van der Waals surface area contributed by atoms with Crippen molar-refractivity contribution in [2.45, 2.75) is 26.1 Å². The van der Waals surface area contributed by atoms with Gasteiger partial charge in [0.05, 0.1) is 25.8 Å². The molecule has 1 saturated heterocycles. The number of benzene rings is 1. The van der Waals surface area contributed by atoms with Gasteiger partial charge in [0.2, 0.25) is 5.91 Å². The fourth-order valence-electron chi connectivity index (χ4n) is 1.86. The molecular weight excluding hydrogens is 324 g/mol. The number of rotatable bonds is 4. The molecule has 1 aliphatic rings. The number of nitrogens with zero attached hydrogens (tertiary/aromatic N) is 1. The molecule has 0 unspecified atom stereocenters.